The van der Waals surface area contributed by atoms with Gasteiger partial charge in [0.1, 0.15) is 0 Å². The highest BCUT2D eigenvalue weighted by Gasteiger charge is 2.12. The molecule has 16 heavy (non-hydrogen) atoms. The number of thioether (sulfide) groups is 1. The fourth-order valence-corrected chi connectivity index (χ4v) is 2.04. The van der Waals surface area contributed by atoms with Crippen LogP contribution >= 0.6 is 11.8 Å². The highest BCUT2D eigenvalue weighted by molar-refractivity contribution is 7.98. The fraction of sp³-hybridized carbons (Fsp3) is 0.600. The summed E-state index contributed by atoms with van der Waals surface area (Å²) >= 11 is 1.84. The molecule has 1 heteroatoms. The van der Waals surface area contributed by atoms with Gasteiger partial charge in [0.25, 0.3) is 0 Å². The van der Waals surface area contributed by atoms with Gasteiger partial charge in [-0.15, -0.1) is 11.8 Å². The lowest BCUT2D eigenvalue weighted by atomic mass is 9.88. The molecule has 0 unspecified atom stereocenters. The van der Waals surface area contributed by atoms with Crippen molar-refractivity contribution in [3.8, 4) is 0 Å². The predicted octanol–water partition coefficient (Wildman–Crippen LogP) is 5.66. The van der Waals surface area contributed by atoms with E-state index in [4.69, 9.17) is 0 Å². The second kappa shape index (κ2) is 8.69. The molecule has 0 aliphatic rings. The minimum absolute atomic E-state index is 0. The molecule has 1 aromatic carbocycles. The van der Waals surface area contributed by atoms with E-state index in [0.717, 1.165) is 6.42 Å². The molecule has 0 heterocycles. The number of rotatable bonds is 2. The Kier molecular flexibility index (Phi) is 9.75. The highest BCUT2D eigenvalue weighted by Crippen LogP contribution is 2.27. The Morgan fingerprint density at radius 3 is 2.00 bits per heavy atom. The van der Waals surface area contributed by atoms with Crippen LogP contribution in [-0.2, 0) is 6.42 Å². The van der Waals surface area contributed by atoms with Gasteiger partial charge in [0.2, 0.25) is 0 Å². The van der Waals surface area contributed by atoms with Gasteiger partial charge in [-0.25, -0.2) is 0 Å². The standard InChI is InChI=1S/C12H18S.C2H6.CH4/c1-12(2,3)9-10-7-5-6-8-11(10)13-4;1-2;/h5-8H,9H2,1-4H3;1-2H3;1H4. The first-order valence-corrected chi connectivity index (χ1v) is 6.87. The first-order chi connectivity index (χ1) is 7.03. The second-order valence-electron chi connectivity index (χ2n) is 4.55. The van der Waals surface area contributed by atoms with E-state index in [-0.39, 0.29) is 7.43 Å². The minimum Gasteiger partial charge on any atom is -0.129 e. The Hall–Kier alpha value is -0.430. The second-order valence-corrected chi connectivity index (χ2v) is 5.40. The van der Waals surface area contributed by atoms with Gasteiger partial charge >= 0.3 is 0 Å². The van der Waals surface area contributed by atoms with E-state index in [9.17, 15) is 0 Å². The summed E-state index contributed by atoms with van der Waals surface area (Å²) in [5, 5.41) is 0. The van der Waals surface area contributed by atoms with Crippen LogP contribution in [0.4, 0.5) is 0 Å². The summed E-state index contributed by atoms with van der Waals surface area (Å²) in [5.74, 6) is 0. The quantitative estimate of drug-likeness (QED) is 0.601. The predicted molar refractivity (Wildman–Crippen MR) is 79.5 cm³/mol. The van der Waals surface area contributed by atoms with Crippen LogP contribution in [0.25, 0.3) is 0 Å². The first kappa shape index (κ1) is 17.9. The van der Waals surface area contributed by atoms with Crippen LogP contribution in [0.3, 0.4) is 0 Å². The lowest BCUT2D eigenvalue weighted by Crippen LogP contribution is -2.09. The molecule has 94 valence electrons. The maximum Gasteiger partial charge on any atom is 0.0101 e. The molecule has 0 aliphatic carbocycles. The summed E-state index contributed by atoms with van der Waals surface area (Å²) in [6.07, 6.45) is 3.30. The molecular formula is C15H28S. The lowest BCUT2D eigenvalue weighted by Gasteiger charge is -2.19. The average Bonchev–Trinajstić information content (AvgIpc) is 2.19. The van der Waals surface area contributed by atoms with Crippen molar-refractivity contribution in [1.29, 1.82) is 0 Å². The van der Waals surface area contributed by atoms with E-state index in [0.29, 0.717) is 5.41 Å². The van der Waals surface area contributed by atoms with Crippen molar-refractivity contribution in [1.82, 2.24) is 0 Å². The molecule has 0 saturated heterocycles. The van der Waals surface area contributed by atoms with E-state index in [1.165, 1.54) is 10.5 Å². The fourth-order valence-electron chi connectivity index (χ4n) is 1.42. The van der Waals surface area contributed by atoms with Crippen molar-refractivity contribution >= 4 is 11.8 Å². The smallest absolute Gasteiger partial charge is 0.0101 e. The molecule has 0 nitrogen and oxygen atoms in total. The van der Waals surface area contributed by atoms with Gasteiger partial charge < -0.3 is 0 Å². The number of hydrogen-bond donors (Lipinski definition) is 0. The average molecular weight is 240 g/mol. The molecule has 0 amide bonds. The molecule has 0 aromatic heterocycles. The molecule has 1 aromatic rings. The van der Waals surface area contributed by atoms with E-state index in [1.807, 2.05) is 25.6 Å². The van der Waals surface area contributed by atoms with Gasteiger partial charge in [-0.05, 0) is 29.7 Å². The molecule has 0 N–H and O–H groups in total. The third-order valence-corrected chi connectivity index (χ3v) is 2.75. The van der Waals surface area contributed by atoms with Crippen molar-refractivity contribution in [3.05, 3.63) is 29.8 Å². The summed E-state index contributed by atoms with van der Waals surface area (Å²) < 4.78 is 0. The molecule has 0 spiro atoms. The lowest BCUT2D eigenvalue weighted by molar-refractivity contribution is 0.408. The van der Waals surface area contributed by atoms with Gasteiger partial charge in [-0.3, -0.25) is 0 Å². The third kappa shape index (κ3) is 6.95. The number of hydrogen-bond acceptors (Lipinski definition) is 1. The molecule has 0 fully saturated rings. The summed E-state index contributed by atoms with van der Waals surface area (Å²) in [5.41, 5.74) is 1.86. The van der Waals surface area contributed by atoms with Crippen molar-refractivity contribution in [2.24, 2.45) is 5.41 Å². The molecule has 0 saturated carbocycles. The Morgan fingerprint density at radius 2 is 1.56 bits per heavy atom. The van der Waals surface area contributed by atoms with Gasteiger partial charge in [-0.1, -0.05) is 60.2 Å². The first-order valence-electron chi connectivity index (χ1n) is 5.65. The van der Waals surface area contributed by atoms with Crippen LogP contribution in [0.1, 0.15) is 47.6 Å². The van der Waals surface area contributed by atoms with Gasteiger partial charge in [0.15, 0.2) is 0 Å². The summed E-state index contributed by atoms with van der Waals surface area (Å²) in [6, 6.07) is 8.67. The summed E-state index contributed by atoms with van der Waals surface area (Å²) in [7, 11) is 0. The Labute approximate surface area is 107 Å². The van der Waals surface area contributed by atoms with Crippen LogP contribution in [0.2, 0.25) is 0 Å². The Balaban J connectivity index is 0. The van der Waals surface area contributed by atoms with Crippen LogP contribution < -0.4 is 0 Å². The van der Waals surface area contributed by atoms with Gasteiger partial charge in [0, 0.05) is 4.90 Å². The van der Waals surface area contributed by atoms with E-state index >= 15 is 0 Å². The molecule has 0 aliphatic heterocycles. The van der Waals surface area contributed by atoms with Crippen molar-refractivity contribution < 1.29 is 0 Å². The zero-order valence-corrected chi connectivity index (χ0v) is 11.7. The third-order valence-electron chi connectivity index (χ3n) is 1.91. The van der Waals surface area contributed by atoms with Crippen LogP contribution in [-0.4, -0.2) is 6.26 Å². The summed E-state index contributed by atoms with van der Waals surface area (Å²) in [4.78, 5) is 1.41. The normalized spacial score (nSPS) is 9.88. The van der Waals surface area contributed by atoms with Crippen LogP contribution in [0, 0.1) is 5.41 Å². The summed E-state index contributed by atoms with van der Waals surface area (Å²) in [6.45, 7) is 10.8. The van der Waals surface area contributed by atoms with E-state index in [2.05, 4.69) is 51.3 Å². The zero-order chi connectivity index (χ0) is 11.9. The maximum absolute atomic E-state index is 2.28. The van der Waals surface area contributed by atoms with Crippen molar-refractivity contribution in [2.75, 3.05) is 6.26 Å². The van der Waals surface area contributed by atoms with Crippen LogP contribution in [0.15, 0.2) is 29.2 Å². The SMILES string of the molecule is C.CC.CSc1ccccc1CC(C)(C)C. The van der Waals surface area contributed by atoms with Gasteiger partial charge in [0.05, 0.1) is 0 Å². The van der Waals surface area contributed by atoms with Crippen molar-refractivity contribution in [2.45, 2.75) is 53.4 Å². The minimum atomic E-state index is 0. The van der Waals surface area contributed by atoms with Crippen LogP contribution in [0.5, 0.6) is 0 Å². The van der Waals surface area contributed by atoms with Gasteiger partial charge in [-0.2, -0.15) is 0 Å². The molecular weight excluding hydrogens is 212 g/mol. The molecule has 0 radical (unpaired) electrons. The van der Waals surface area contributed by atoms with E-state index in [1.54, 1.807) is 0 Å². The topological polar surface area (TPSA) is 0 Å². The zero-order valence-electron chi connectivity index (χ0n) is 10.9. The molecule has 0 bridgehead atoms. The molecule has 0 atom stereocenters. The Morgan fingerprint density at radius 1 is 1.06 bits per heavy atom. The Bertz CT molecular complexity index is 271. The highest BCUT2D eigenvalue weighted by atomic mass is 32.2. The molecule has 1 rings (SSSR count). The maximum atomic E-state index is 2.28. The monoisotopic (exact) mass is 240 g/mol. The van der Waals surface area contributed by atoms with E-state index < -0.39 is 0 Å². The number of benzene rings is 1. The van der Waals surface area contributed by atoms with Crippen molar-refractivity contribution in [3.63, 3.8) is 0 Å². The largest absolute Gasteiger partial charge is 0.129 e.